The molecule has 0 aromatic carbocycles. The highest BCUT2D eigenvalue weighted by Gasteiger charge is 2.16. The lowest BCUT2D eigenvalue weighted by atomic mass is 9.98. The summed E-state index contributed by atoms with van der Waals surface area (Å²) in [5.74, 6) is 1.60. The lowest BCUT2D eigenvalue weighted by molar-refractivity contribution is 0.389. The topological polar surface area (TPSA) is 78.5 Å². The number of nitrogens with zero attached hydrogens (tertiary/aromatic N) is 3. The van der Waals surface area contributed by atoms with Crippen LogP contribution in [0.15, 0.2) is 37.1 Å². The van der Waals surface area contributed by atoms with Crippen LogP contribution in [0.25, 0.3) is 22.2 Å². The van der Waals surface area contributed by atoms with Gasteiger partial charge in [0.2, 0.25) is 0 Å². The highest BCUT2D eigenvalue weighted by molar-refractivity contribution is 6.00. The van der Waals surface area contributed by atoms with Crippen LogP contribution in [-0.4, -0.2) is 39.6 Å². The number of anilines is 1. The second-order valence-corrected chi connectivity index (χ2v) is 5.96. The molecule has 0 atom stereocenters. The lowest BCUT2D eigenvalue weighted by Crippen LogP contribution is -2.31. The van der Waals surface area contributed by atoms with E-state index in [1.165, 1.54) is 12.8 Å². The number of pyridine rings is 1. The first-order valence-corrected chi connectivity index (χ1v) is 8.09. The Morgan fingerprint density at radius 3 is 2.78 bits per heavy atom. The van der Waals surface area contributed by atoms with Gasteiger partial charge in [0, 0.05) is 30.7 Å². The zero-order valence-corrected chi connectivity index (χ0v) is 12.9. The first kappa shape index (κ1) is 14.1. The summed E-state index contributed by atoms with van der Waals surface area (Å²) in [7, 11) is 0. The number of hydrogen-bond acceptors (Lipinski definition) is 5. The van der Waals surface area contributed by atoms with E-state index in [1.807, 2.05) is 18.3 Å². The Morgan fingerprint density at radius 1 is 1.13 bits per heavy atom. The molecule has 0 saturated carbocycles. The summed E-state index contributed by atoms with van der Waals surface area (Å²) in [4.78, 5) is 16.2. The summed E-state index contributed by atoms with van der Waals surface area (Å²) < 4.78 is 0. The SMILES string of the molecule is c1cc(-c2c[nH]c3ncnc(NCC4CCNCC4)c23)ccn1. The third-order valence-corrected chi connectivity index (χ3v) is 4.48. The molecule has 6 nitrogen and oxygen atoms in total. The Morgan fingerprint density at radius 2 is 1.96 bits per heavy atom. The standard InChI is InChI=1S/C17H20N6/c1-5-18-6-2-12(1)9-20-16-15-14(13-3-7-19-8-4-13)10-21-17(15)23-11-22-16/h3-4,7-8,10-12,18H,1-2,5-6,9H2,(H2,20,21,22,23). The minimum Gasteiger partial charge on any atom is -0.369 e. The van der Waals surface area contributed by atoms with E-state index in [-0.39, 0.29) is 0 Å². The van der Waals surface area contributed by atoms with E-state index in [2.05, 4.69) is 30.6 Å². The average molecular weight is 308 g/mol. The number of nitrogens with one attached hydrogen (secondary N) is 3. The van der Waals surface area contributed by atoms with Gasteiger partial charge in [-0.1, -0.05) is 0 Å². The van der Waals surface area contributed by atoms with Gasteiger partial charge in [-0.3, -0.25) is 4.98 Å². The number of H-pyrrole nitrogens is 1. The van der Waals surface area contributed by atoms with Gasteiger partial charge in [-0.2, -0.15) is 0 Å². The Hall–Kier alpha value is -2.47. The third kappa shape index (κ3) is 2.90. The maximum Gasteiger partial charge on any atom is 0.143 e. The quantitative estimate of drug-likeness (QED) is 0.690. The first-order chi connectivity index (χ1) is 11.4. The molecule has 6 heteroatoms. The van der Waals surface area contributed by atoms with E-state index >= 15 is 0 Å². The lowest BCUT2D eigenvalue weighted by Gasteiger charge is -2.23. The Kier molecular flexibility index (Phi) is 3.90. The van der Waals surface area contributed by atoms with Crippen LogP contribution < -0.4 is 10.6 Å². The first-order valence-electron chi connectivity index (χ1n) is 8.09. The molecule has 3 aromatic rings. The van der Waals surface area contributed by atoms with Crippen molar-refractivity contribution in [2.45, 2.75) is 12.8 Å². The van der Waals surface area contributed by atoms with Crippen LogP contribution in [-0.2, 0) is 0 Å². The van der Waals surface area contributed by atoms with Crippen molar-refractivity contribution in [3.8, 4) is 11.1 Å². The molecule has 3 N–H and O–H groups in total. The zero-order valence-electron chi connectivity index (χ0n) is 12.9. The molecule has 0 amide bonds. The van der Waals surface area contributed by atoms with Gasteiger partial charge in [0.1, 0.15) is 17.8 Å². The molecular weight excluding hydrogens is 288 g/mol. The van der Waals surface area contributed by atoms with Crippen LogP contribution in [0.5, 0.6) is 0 Å². The van der Waals surface area contributed by atoms with Crippen LogP contribution in [0.4, 0.5) is 5.82 Å². The second kappa shape index (κ2) is 6.34. The highest BCUT2D eigenvalue weighted by atomic mass is 15.0. The number of aromatic amines is 1. The number of fused-ring (bicyclic) bond motifs is 1. The average Bonchev–Trinajstić information content (AvgIpc) is 3.06. The Labute approximate surface area is 134 Å². The molecule has 1 fully saturated rings. The number of piperidine rings is 1. The molecule has 118 valence electrons. The molecule has 23 heavy (non-hydrogen) atoms. The van der Waals surface area contributed by atoms with Gasteiger partial charge < -0.3 is 15.6 Å². The summed E-state index contributed by atoms with van der Waals surface area (Å²) in [6.07, 6.45) is 9.64. The van der Waals surface area contributed by atoms with Crippen molar-refractivity contribution in [3.05, 3.63) is 37.1 Å². The molecule has 0 spiro atoms. The molecule has 0 bridgehead atoms. The van der Waals surface area contributed by atoms with Gasteiger partial charge in [-0.25, -0.2) is 9.97 Å². The van der Waals surface area contributed by atoms with Crippen molar-refractivity contribution in [3.63, 3.8) is 0 Å². The number of hydrogen-bond donors (Lipinski definition) is 3. The fourth-order valence-electron chi connectivity index (χ4n) is 3.18. The van der Waals surface area contributed by atoms with E-state index in [1.54, 1.807) is 18.7 Å². The van der Waals surface area contributed by atoms with Gasteiger partial charge in [-0.05, 0) is 49.5 Å². The second-order valence-electron chi connectivity index (χ2n) is 5.96. The molecule has 3 aromatic heterocycles. The van der Waals surface area contributed by atoms with E-state index < -0.39 is 0 Å². The van der Waals surface area contributed by atoms with Crippen molar-refractivity contribution in [2.24, 2.45) is 5.92 Å². The molecule has 1 saturated heterocycles. The van der Waals surface area contributed by atoms with E-state index in [0.29, 0.717) is 5.92 Å². The van der Waals surface area contributed by atoms with Crippen molar-refractivity contribution < 1.29 is 0 Å². The smallest absolute Gasteiger partial charge is 0.143 e. The van der Waals surface area contributed by atoms with E-state index in [0.717, 1.165) is 47.6 Å². The van der Waals surface area contributed by atoms with Crippen LogP contribution in [0.1, 0.15) is 12.8 Å². The fourth-order valence-corrected chi connectivity index (χ4v) is 3.18. The summed E-state index contributed by atoms with van der Waals surface area (Å²) in [5, 5.41) is 7.99. The minimum absolute atomic E-state index is 0.699. The molecule has 0 radical (unpaired) electrons. The van der Waals surface area contributed by atoms with Crippen molar-refractivity contribution in [1.29, 1.82) is 0 Å². The van der Waals surface area contributed by atoms with Gasteiger partial charge in [0.15, 0.2) is 0 Å². The fraction of sp³-hybridized carbons (Fsp3) is 0.353. The Bertz CT molecular complexity index is 776. The van der Waals surface area contributed by atoms with Crippen molar-refractivity contribution in [2.75, 3.05) is 25.0 Å². The molecule has 0 aliphatic carbocycles. The minimum atomic E-state index is 0.699. The predicted octanol–water partition coefficient (Wildman–Crippen LogP) is 2.43. The number of aromatic nitrogens is 4. The maximum atomic E-state index is 4.48. The summed E-state index contributed by atoms with van der Waals surface area (Å²) >= 11 is 0. The van der Waals surface area contributed by atoms with Gasteiger partial charge in [0.05, 0.1) is 5.39 Å². The number of rotatable bonds is 4. The van der Waals surface area contributed by atoms with Crippen LogP contribution in [0.3, 0.4) is 0 Å². The van der Waals surface area contributed by atoms with Crippen molar-refractivity contribution >= 4 is 16.9 Å². The molecule has 1 aliphatic heterocycles. The van der Waals surface area contributed by atoms with Crippen LogP contribution in [0.2, 0.25) is 0 Å². The van der Waals surface area contributed by atoms with E-state index in [4.69, 9.17) is 0 Å². The predicted molar refractivity (Wildman–Crippen MR) is 91.2 cm³/mol. The van der Waals surface area contributed by atoms with Gasteiger partial charge >= 0.3 is 0 Å². The summed E-state index contributed by atoms with van der Waals surface area (Å²) in [6.45, 7) is 3.17. The van der Waals surface area contributed by atoms with Crippen LogP contribution in [0, 0.1) is 5.92 Å². The summed E-state index contributed by atoms with van der Waals surface area (Å²) in [6, 6.07) is 4.01. The molecule has 1 aliphatic rings. The molecule has 4 rings (SSSR count). The van der Waals surface area contributed by atoms with Gasteiger partial charge in [0.25, 0.3) is 0 Å². The highest BCUT2D eigenvalue weighted by Crippen LogP contribution is 2.31. The molecular formula is C17H20N6. The van der Waals surface area contributed by atoms with E-state index in [9.17, 15) is 0 Å². The zero-order chi connectivity index (χ0) is 15.5. The maximum absolute atomic E-state index is 4.48. The molecule has 0 unspecified atom stereocenters. The normalized spacial score (nSPS) is 15.8. The van der Waals surface area contributed by atoms with Gasteiger partial charge in [-0.15, -0.1) is 0 Å². The van der Waals surface area contributed by atoms with Crippen LogP contribution >= 0.6 is 0 Å². The third-order valence-electron chi connectivity index (χ3n) is 4.48. The summed E-state index contributed by atoms with van der Waals surface area (Å²) in [5.41, 5.74) is 3.08. The monoisotopic (exact) mass is 308 g/mol. The Balaban J connectivity index is 1.65. The molecule has 4 heterocycles. The van der Waals surface area contributed by atoms with Crippen molar-refractivity contribution in [1.82, 2.24) is 25.3 Å². The largest absolute Gasteiger partial charge is 0.369 e.